The fourth-order valence-corrected chi connectivity index (χ4v) is 2.73. The van der Waals surface area contributed by atoms with Gasteiger partial charge in [-0.25, -0.2) is 4.63 Å². The van der Waals surface area contributed by atoms with Gasteiger partial charge in [0.25, 0.3) is 5.91 Å². The second-order valence-electron chi connectivity index (χ2n) is 5.60. The molecule has 6 nitrogen and oxygen atoms in total. The molecule has 2 aromatic rings. The number of nitrogens with one attached hydrogen (secondary N) is 1. The molecular formula is C16H19N3O3. The minimum atomic E-state index is -0.258. The van der Waals surface area contributed by atoms with E-state index in [1.807, 2.05) is 30.3 Å². The van der Waals surface area contributed by atoms with Crippen LogP contribution in [0.1, 0.15) is 40.6 Å². The van der Waals surface area contributed by atoms with Gasteiger partial charge in [0.2, 0.25) is 0 Å². The van der Waals surface area contributed by atoms with Gasteiger partial charge in [0.1, 0.15) is 5.69 Å². The Morgan fingerprint density at radius 1 is 1.36 bits per heavy atom. The number of carbonyl (C=O) groups is 1. The number of hydrogen-bond acceptors (Lipinski definition) is 5. The smallest absolute Gasteiger partial charge is 0.275 e. The van der Waals surface area contributed by atoms with Crippen LogP contribution in [0.2, 0.25) is 0 Å². The maximum absolute atomic E-state index is 12.4. The van der Waals surface area contributed by atoms with Crippen LogP contribution in [0.4, 0.5) is 0 Å². The van der Waals surface area contributed by atoms with Gasteiger partial charge in [-0.1, -0.05) is 35.5 Å². The molecule has 0 bridgehead atoms. The molecule has 1 aromatic heterocycles. The molecule has 1 saturated heterocycles. The molecule has 0 saturated carbocycles. The van der Waals surface area contributed by atoms with Crippen LogP contribution in [-0.2, 0) is 4.74 Å². The Hall–Kier alpha value is -2.21. The van der Waals surface area contributed by atoms with E-state index in [0.717, 1.165) is 31.6 Å². The normalized spacial score (nSPS) is 19.0. The highest BCUT2D eigenvalue weighted by molar-refractivity contribution is 5.93. The molecule has 3 rings (SSSR count). The molecule has 22 heavy (non-hydrogen) atoms. The van der Waals surface area contributed by atoms with E-state index in [1.165, 1.54) is 0 Å². The summed E-state index contributed by atoms with van der Waals surface area (Å²) in [6.45, 7) is 3.25. The number of amides is 1. The third kappa shape index (κ3) is 3.33. The second kappa shape index (κ2) is 6.70. The van der Waals surface area contributed by atoms with Crippen molar-refractivity contribution >= 4 is 5.91 Å². The van der Waals surface area contributed by atoms with E-state index in [0.29, 0.717) is 11.6 Å². The van der Waals surface area contributed by atoms with Gasteiger partial charge in [-0.05, 0) is 36.4 Å². The maximum Gasteiger partial charge on any atom is 0.275 e. The molecule has 0 unspecified atom stereocenters. The summed E-state index contributed by atoms with van der Waals surface area (Å²) in [6.07, 6.45) is 1.88. The molecule has 1 aliphatic rings. The highest BCUT2D eigenvalue weighted by atomic mass is 16.6. The molecule has 0 aliphatic carbocycles. The number of aromatic nitrogens is 2. The number of carbonyl (C=O) groups excluding carboxylic acids is 1. The standard InChI is InChI=1S/C16H19N3O3/c1-11-15(19-22-18-11)16(20)17-14(9-12-7-8-21-10-12)13-5-3-2-4-6-13/h2-6,12,14H,7-10H2,1H3,(H,17,20)/t12-,14+/m0/s1. The van der Waals surface area contributed by atoms with E-state index in [-0.39, 0.29) is 17.6 Å². The predicted molar refractivity (Wildman–Crippen MR) is 79.2 cm³/mol. The zero-order valence-corrected chi connectivity index (χ0v) is 12.5. The van der Waals surface area contributed by atoms with Crippen molar-refractivity contribution in [3.63, 3.8) is 0 Å². The first kappa shape index (κ1) is 14.7. The molecule has 0 spiro atoms. The molecule has 2 heterocycles. The van der Waals surface area contributed by atoms with Gasteiger partial charge in [-0.2, -0.15) is 0 Å². The number of ether oxygens (including phenoxy) is 1. The van der Waals surface area contributed by atoms with Crippen LogP contribution in [0.15, 0.2) is 35.0 Å². The largest absolute Gasteiger partial charge is 0.381 e. The van der Waals surface area contributed by atoms with Crippen LogP contribution in [0.5, 0.6) is 0 Å². The van der Waals surface area contributed by atoms with Gasteiger partial charge in [-0.3, -0.25) is 4.79 Å². The minimum Gasteiger partial charge on any atom is -0.381 e. The van der Waals surface area contributed by atoms with Crippen LogP contribution in [0.3, 0.4) is 0 Å². The van der Waals surface area contributed by atoms with Gasteiger partial charge in [0, 0.05) is 13.2 Å². The predicted octanol–water partition coefficient (Wildman–Crippen LogP) is 2.28. The van der Waals surface area contributed by atoms with E-state index < -0.39 is 0 Å². The molecule has 1 fully saturated rings. The minimum absolute atomic E-state index is 0.0727. The highest BCUT2D eigenvalue weighted by Crippen LogP contribution is 2.26. The van der Waals surface area contributed by atoms with Gasteiger partial charge in [0.05, 0.1) is 6.04 Å². The van der Waals surface area contributed by atoms with E-state index >= 15 is 0 Å². The zero-order chi connectivity index (χ0) is 15.4. The summed E-state index contributed by atoms with van der Waals surface area (Å²) in [4.78, 5) is 12.4. The second-order valence-corrected chi connectivity index (χ2v) is 5.60. The highest BCUT2D eigenvalue weighted by Gasteiger charge is 2.25. The van der Waals surface area contributed by atoms with Crippen molar-refractivity contribution in [1.29, 1.82) is 0 Å². The molecule has 6 heteroatoms. The summed E-state index contributed by atoms with van der Waals surface area (Å²) in [5, 5.41) is 10.4. The summed E-state index contributed by atoms with van der Waals surface area (Å²) in [5.41, 5.74) is 1.81. The van der Waals surface area contributed by atoms with E-state index in [2.05, 4.69) is 20.3 Å². The van der Waals surface area contributed by atoms with Gasteiger partial charge in [-0.15, -0.1) is 0 Å². The molecule has 1 amide bonds. The molecule has 1 aromatic carbocycles. The molecule has 2 atom stereocenters. The fraction of sp³-hybridized carbons (Fsp3) is 0.438. The van der Waals surface area contributed by atoms with Crippen LogP contribution in [0.25, 0.3) is 0 Å². The Kier molecular flexibility index (Phi) is 4.48. The van der Waals surface area contributed by atoms with E-state index in [4.69, 9.17) is 4.74 Å². The van der Waals surface area contributed by atoms with E-state index in [9.17, 15) is 4.79 Å². The summed E-state index contributed by atoms with van der Waals surface area (Å²) < 4.78 is 10.0. The molecule has 1 N–H and O–H groups in total. The Balaban J connectivity index is 1.76. The maximum atomic E-state index is 12.4. The van der Waals surface area contributed by atoms with Gasteiger partial charge in [0.15, 0.2) is 5.69 Å². The lowest BCUT2D eigenvalue weighted by atomic mass is 9.94. The average molecular weight is 301 g/mol. The SMILES string of the molecule is Cc1nonc1C(=O)N[C@H](C[C@@H]1CCOC1)c1ccccc1. The van der Waals surface area contributed by atoms with Crippen LogP contribution in [0, 0.1) is 12.8 Å². The third-order valence-corrected chi connectivity index (χ3v) is 3.97. The average Bonchev–Trinajstić information content (AvgIpc) is 3.19. The first-order valence-corrected chi connectivity index (χ1v) is 7.46. The number of rotatable bonds is 5. The van der Waals surface area contributed by atoms with Crippen molar-refractivity contribution in [2.24, 2.45) is 5.92 Å². The van der Waals surface area contributed by atoms with Crippen molar-refractivity contribution in [1.82, 2.24) is 15.6 Å². The quantitative estimate of drug-likeness (QED) is 0.916. The van der Waals surface area contributed by atoms with Crippen LogP contribution < -0.4 is 5.32 Å². The Morgan fingerprint density at radius 2 is 2.18 bits per heavy atom. The number of hydrogen-bond donors (Lipinski definition) is 1. The number of benzene rings is 1. The number of nitrogens with zero attached hydrogens (tertiary/aromatic N) is 2. The molecule has 116 valence electrons. The summed E-state index contributed by atoms with van der Waals surface area (Å²) in [6, 6.07) is 9.89. The lowest BCUT2D eigenvalue weighted by Crippen LogP contribution is -2.31. The van der Waals surface area contributed by atoms with Crippen molar-refractivity contribution < 1.29 is 14.2 Å². The Bertz CT molecular complexity index is 621. The van der Waals surface area contributed by atoms with Crippen molar-refractivity contribution in [2.45, 2.75) is 25.8 Å². The van der Waals surface area contributed by atoms with Crippen LogP contribution in [-0.4, -0.2) is 29.4 Å². The first-order chi connectivity index (χ1) is 10.7. The fourth-order valence-electron chi connectivity index (χ4n) is 2.73. The lowest BCUT2D eigenvalue weighted by molar-refractivity contribution is 0.0918. The topological polar surface area (TPSA) is 77.2 Å². The summed E-state index contributed by atoms with van der Waals surface area (Å²) in [5.74, 6) is 0.202. The van der Waals surface area contributed by atoms with Crippen LogP contribution >= 0.6 is 0 Å². The van der Waals surface area contributed by atoms with Crippen molar-refractivity contribution in [3.05, 3.63) is 47.3 Å². The van der Waals surface area contributed by atoms with Crippen molar-refractivity contribution in [3.8, 4) is 0 Å². The number of aryl methyl sites for hydroxylation is 1. The molecule has 0 radical (unpaired) electrons. The summed E-state index contributed by atoms with van der Waals surface area (Å²) in [7, 11) is 0. The monoisotopic (exact) mass is 301 g/mol. The third-order valence-electron chi connectivity index (χ3n) is 3.97. The lowest BCUT2D eigenvalue weighted by Gasteiger charge is -2.21. The van der Waals surface area contributed by atoms with Crippen molar-refractivity contribution in [2.75, 3.05) is 13.2 Å². The Morgan fingerprint density at radius 3 is 2.82 bits per heavy atom. The zero-order valence-electron chi connectivity index (χ0n) is 12.5. The van der Waals surface area contributed by atoms with Gasteiger partial charge < -0.3 is 10.1 Å². The summed E-state index contributed by atoms with van der Waals surface area (Å²) >= 11 is 0. The first-order valence-electron chi connectivity index (χ1n) is 7.46. The van der Waals surface area contributed by atoms with Gasteiger partial charge >= 0.3 is 0 Å². The van der Waals surface area contributed by atoms with E-state index in [1.54, 1.807) is 6.92 Å². The molecular weight excluding hydrogens is 282 g/mol. The Labute approximate surface area is 128 Å². The molecule has 1 aliphatic heterocycles.